The Hall–Kier alpha value is -0.880. The predicted molar refractivity (Wildman–Crippen MR) is 95.0 cm³/mol. The Labute approximate surface area is 147 Å². The molecule has 0 saturated heterocycles. The first kappa shape index (κ1) is 18.5. The van der Waals surface area contributed by atoms with Crippen LogP contribution in [0, 0.1) is 5.92 Å². The maximum absolute atomic E-state index is 12.8. The molecule has 0 unspecified atom stereocenters. The van der Waals surface area contributed by atoms with E-state index in [9.17, 15) is 13.2 Å². The highest BCUT2D eigenvalue weighted by Crippen LogP contribution is 2.27. The molecule has 4 nitrogen and oxygen atoms in total. The van der Waals surface area contributed by atoms with Crippen LogP contribution in [0.3, 0.4) is 0 Å². The molecule has 0 atom stereocenters. The minimum atomic E-state index is -3.74. The van der Waals surface area contributed by atoms with Crippen LogP contribution in [0.4, 0.5) is 0 Å². The zero-order valence-electron chi connectivity index (χ0n) is 13.6. The van der Waals surface area contributed by atoms with Gasteiger partial charge in [0.05, 0.1) is 4.90 Å². The molecule has 0 bridgehead atoms. The molecule has 2 rings (SSSR count). The fraction of sp³-hybridized carbons (Fsp3) is 0.588. The molecule has 0 aromatic heterocycles. The average Bonchev–Trinajstić information content (AvgIpc) is 2.53. The SMILES string of the molecule is CC(C)(C(=O)NCC1CCCCC1)S(=O)(=O)c1ccc(Br)cc1. The maximum atomic E-state index is 12.8. The van der Waals surface area contributed by atoms with Gasteiger partial charge in [-0.1, -0.05) is 35.2 Å². The van der Waals surface area contributed by atoms with Crippen LogP contribution < -0.4 is 5.32 Å². The molecule has 0 radical (unpaired) electrons. The minimum Gasteiger partial charge on any atom is -0.354 e. The monoisotopic (exact) mass is 401 g/mol. The van der Waals surface area contributed by atoms with E-state index >= 15 is 0 Å². The van der Waals surface area contributed by atoms with Gasteiger partial charge in [-0.05, 0) is 56.9 Å². The Bertz CT molecular complexity index is 647. The van der Waals surface area contributed by atoms with Crippen molar-refractivity contribution in [2.24, 2.45) is 5.92 Å². The number of hydrogen-bond acceptors (Lipinski definition) is 3. The molecule has 6 heteroatoms. The van der Waals surface area contributed by atoms with Gasteiger partial charge in [-0.25, -0.2) is 8.42 Å². The summed E-state index contributed by atoms with van der Waals surface area (Å²) in [6.45, 7) is 3.51. The van der Waals surface area contributed by atoms with Gasteiger partial charge in [-0.3, -0.25) is 4.79 Å². The lowest BCUT2D eigenvalue weighted by Gasteiger charge is -2.27. The van der Waals surface area contributed by atoms with E-state index in [1.165, 1.54) is 45.2 Å². The predicted octanol–water partition coefficient (Wildman–Crippen LogP) is 3.70. The molecule has 0 spiro atoms. The fourth-order valence-electron chi connectivity index (χ4n) is 2.87. The van der Waals surface area contributed by atoms with Crippen molar-refractivity contribution in [1.82, 2.24) is 5.32 Å². The number of halogens is 1. The molecule has 1 aromatic carbocycles. The maximum Gasteiger partial charge on any atom is 0.241 e. The molecule has 1 fully saturated rings. The second-order valence-electron chi connectivity index (χ2n) is 6.68. The molecule has 0 aliphatic heterocycles. The quantitative estimate of drug-likeness (QED) is 0.817. The number of rotatable bonds is 5. The van der Waals surface area contributed by atoms with Crippen molar-refractivity contribution < 1.29 is 13.2 Å². The number of nitrogens with one attached hydrogen (secondary N) is 1. The summed E-state index contributed by atoms with van der Waals surface area (Å²) in [6, 6.07) is 6.39. The zero-order chi connectivity index (χ0) is 17.1. The molecule has 1 N–H and O–H groups in total. The van der Waals surface area contributed by atoms with Gasteiger partial charge in [0.2, 0.25) is 5.91 Å². The van der Waals surface area contributed by atoms with Crippen molar-refractivity contribution >= 4 is 31.7 Å². The van der Waals surface area contributed by atoms with Gasteiger partial charge in [0, 0.05) is 11.0 Å². The summed E-state index contributed by atoms with van der Waals surface area (Å²) < 4.78 is 24.9. The Morgan fingerprint density at radius 1 is 1.17 bits per heavy atom. The van der Waals surface area contributed by atoms with E-state index in [4.69, 9.17) is 0 Å². The number of amides is 1. The summed E-state index contributed by atoms with van der Waals surface area (Å²) in [5.41, 5.74) is 0. The van der Waals surface area contributed by atoms with Crippen molar-refractivity contribution in [3.05, 3.63) is 28.7 Å². The zero-order valence-corrected chi connectivity index (χ0v) is 16.0. The van der Waals surface area contributed by atoms with Gasteiger partial charge in [0.15, 0.2) is 9.84 Å². The third-order valence-corrected chi connectivity index (χ3v) is 7.57. The van der Waals surface area contributed by atoms with E-state index in [1.807, 2.05) is 0 Å². The van der Waals surface area contributed by atoms with Crippen LogP contribution in [0.5, 0.6) is 0 Å². The highest BCUT2D eigenvalue weighted by molar-refractivity contribution is 9.10. The summed E-state index contributed by atoms with van der Waals surface area (Å²) in [5, 5.41) is 2.85. The van der Waals surface area contributed by atoms with Crippen molar-refractivity contribution in [3.8, 4) is 0 Å². The largest absolute Gasteiger partial charge is 0.354 e. The second-order valence-corrected chi connectivity index (χ2v) is 10.1. The van der Waals surface area contributed by atoms with Crippen LogP contribution in [-0.4, -0.2) is 25.6 Å². The van der Waals surface area contributed by atoms with Crippen molar-refractivity contribution in [1.29, 1.82) is 0 Å². The van der Waals surface area contributed by atoms with Crippen molar-refractivity contribution in [3.63, 3.8) is 0 Å². The normalized spacial score (nSPS) is 17.0. The van der Waals surface area contributed by atoms with E-state index in [0.717, 1.165) is 17.3 Å². The number of hydrogen-bond donors (Lipinski definition) is 1. The molecule has 1 saturated carbocycles. The topological polar surface area (TPSA) is 63.2 Å². The number of carbonyl (C=O) groups is 1. The first-order valence-corrected chi connectivity index (χ1v) is 10.3. The Kier molecular flexibility index (Phi) is 5.89. The third kappa shape index (κ3) is 4.15. The highest BCUT2D eigenvalue weighted by atomic mass is 79.9. The molecule has 0 heterocycles. The highest BCUT2D eigenvalue weighted by Gasteiger charge is 2.42. The molecule has 1 aliphatic rings. The van der Waals surface area contributed by atoms with Gasteiger partial charge in [0.25, 0.3) is 0 Å². The molecule has 1 aliphatic carbocycles. The lowest BCUT2D eigenvalue weighted by atomic mass is 9.89. The van der Waals surface area contributed by atoms with E-state index in [0.29, 0.717) is 12.5 Å². The van der Waals surface area contributed by atoms with E-state index < -0.39 is 20.5 Å². The lowest BCUT2D eigenvalue weighted by molar-refractivity contribution is -0.123. The van der Waals surface area contributed by atoms with E-state index in [-0.39, 0.29) is 4.90 Å². The fourth-order valence-corrected chi connectivity index (χ4v) is 4.54. The van der Waals surface area contributed by atoms with Gasteiger partial charge in [-0.15, -0.1) is 0 Å². The second kappa shape index (κ2) is 7.34. The molecular formula is C17H24BrNO3S. The van der Waals surface area contributed by atoms with Gasteiger partial charge >= 0.3 is 0 Å². The van der Waals surface area contributed by atoms with Gasteiger partial charge < -0.3 is 5.32 Å². The van der Waals surface area contributed by atoms with E-state index in [1.54, 1.807) is 12.1 Å². The van der Waals surface area contributed by atoms with E-state index in [2.05, 4.69) is 21.2 Å². The first-order valence-electron chi connectivity index (χ1n) is 8.03. The van der Waals surface area contributed by atoms with Gasteiger partial charge in [0.1, 0.15) is 4.75 Å². The third-order valence-electron chi connectivity index (χ3n) is 4.62. The minimum absolute atomic E-state index is 0.165. The molecule has 1 amide bonds. The van der Waals surface area contributed by atoms with Crippen LogP contribution in [-0.2, 0) is 14.6 Å². The van der Waals surface area contributed by atoms with Crippen LogP contribution in [0.2, 0.25) is 0 Å². The molecule has 23 heavy (non-hydrogen) atoms. The Morgan fingerprint density at radius 3 is 2.30 bits per heavy atom. The van der Waals surface area contributed by atoms with Crippen LogP contribution in [0.1, 0.15) is 46.0 Å². The van der Waals surface area contributed by atoms with Crippen molar-refractivity contribution in [2.45, 2.75) is 55.6 Å². The molecule has 1 aromatic rings. The standard InChI is InChI=1S/C17H24BrNO3S/c1-17(2,16(20)19-12-13-6-4-3-5-7-13)23(21,22)15-10-8-14(18)9-11-15/h8-11,13H,3-7,12H2,1-2H3,(H,19,20). The summed E-state index contributed by atoms with van der Waals surface area (Å²) in [5.74, 6) is 0.0462. The van der Waals surface area contributed by atoms with Crippen LogP contribution in [0.15, 0.2) is 33.6 Å². The Morgan fingerprint density at radius 2 is 1.74 bits per heavy atom. The van der Waals surface area contributed by atoms with Crippen molar-refractivity contribution in [2.75, 3.05) is 6.54 Å². The van der Waals surface area contributed by atoms with Crippen LogP contribution >= 0.6 is 15.9 Å². The first-order chi connectivity index (χ1) is 10.7. The average molecular weight is 402 g/mol. The number of carbonyl (C=O) groups excluding carboxylic acids is 1. The molecular weight excluding hydrogens is 378 g/mol. The van der Waals surface area contributed by atoms with Crippen LogP contribution in [0.25, 0.3) is 0 Å². The summed E-state index contributed by atoms with van der Waals surface area (Å²) in [4.78, 5) is 12.7. The lowest BCUT2D eigenvalue weighted by Crippen LogP contribution is -2.49. The summed E-state index contributed by atoms with van der Waals surface area (Å²) >= 11 is 3.29. The molecule has 128 valence electrons. The number of sulfone groups is 1. The Balaban J connectivity index is 2.08. The number of benzene rings is 1. The van der Waals surface area contributed by atoms with Gasteiger partial charge in [-0.2, -0.15) is 0 Å². The summed E-state index contributed by atoms with van der Waals surface area (Å²) in [7, 11) is -3.74. The summed E-state index contributed by atoms with van der Waals surface area (Å²) in [6.07, 6.45) is 5.87. The smallest absolute Gasteiger partial charge is 0.241 e.